The number of hydrogen-bond acceptors (Lipinski definition) is 3. The highest BCUT2D eigenvalue weighted by atomic mass is 15.2. The molecule has 2 radical (unpaired) electrons. The van der Waals surface area contributed by atoms with E-state index < -0.39 is 0 Å². The molecule has 0 bridgehead atoms. The van der Waals surface area contributed by atoms with E-state index in [1.807, 2.05) is 12.1 Å². The molecule has 13 heavy (non-hydrogen) atoms. The molecule has 1 aromatic heterocycles. The van der Waals surface area contributed by atoms with Crippen LogP contribution in [-0.4, -0.2) is 31.2 Å². The molecule has 0 unspecified atom stereocenters. The van der Waals surface area contributed by atoms with Gasteiger partial charge < -0.3 is 10.2 Å². The van der Waals surface area contributed by atoms with Gasteiger partial charge in [0.25, 0.3) is 0 Å². The highest BCUT2D eigenvalue weighted by molar-refractivity contribution is 5.42. The molecule has 0 amide bonds. The number of rotatable bonds is 1. The average molecular weight is 175 g/mol. The largest absolute Gasteiger partial charge is 0.354 e. The molecule has 0 saturated carbocycles. The Morgan fingerprint density at radius 1 is 1.38 bits per heavy atom. The van der Waals surface area contributed by atoms with Crippen molar-refractivity contribution in [2.45, 2.75) is 0 Å². The number of nitrogens with one attached hydrogen (secondary N) is 1. The van der Waals surface area contributed by atoms with Crippen LogP contribution >= 0.6 is 0 Å². The Labute approximate surface area is 78.8 Å². The number of hydrogen-bond donors (Lipinski definition) is 1. The third-order valence-electron chi connectivity index (χ3n) is 2.21. The van der Waals surface area contributed by atoms with Crippen molar-refractivity contribution >= 4 is 5.82 Å². The minimum atomic E-state index is 0.781. The van der Waals surface area contributed by atoms with Crippen molar-refractivity contribution in [1.82, 2.24) is 10.3 Å². The summed E-state index contributed by atoms with van der Waals surface area (Å²) in [7, 11) is 0. The Bertz CT molecular complexity index is 279. The molecule has 1 aromatic rings. The van der Waals surface area contributed by atoms with E-state index in [4.69, 9.17) is 6.92 Å². The van der Waals surface area contributed by atoms with Crippen LogP contribution in [0.2, 0.25) is 0 Å². The molecule has 1 saturated heterocycles. The zero-order valence-corrected chi connectivity index (χ0v) is 7.53. The second-order valence-corrected chi connectivity index (χ2v) is 3.18. The van der Waals surface area contributed by atoms with Crippen molar-refractivity contribution in [3.05, 3.63) is 30.8 Å². The van der Waals surface area contributed by atoms with Crippen LogP contribution in [0.5, 0.6) is 0 Å². The predicted octanol–water partition coefficient (Wildman–Crippen LogP) is 0.550. The number of aromatic nitrogens is 1. The molecule has 1 fully saturated rings. The molecule has 2 rings (SSSR count). The average Bonchev–Trinajstić information content (AvgIpc) is 2.19. The third kappa shape index (κ3) is 1.98. The topological polar surface area (TPSA) is 28.2 Å². The first-order valence-corrected chi connectivity index (χ1v) is 4.53. The van der Waals surface area contributed by atoms with Crippen molar-refractivity contribution in [1.29, 1.82) is 0 Å². The first kappa shape index (κ1) is 8.51. The van der Waals surface area contributed by atoms with Gasteiger partial charge in [-0.25, -0.2) is 4.98 Å². The summed E-state index contributed by atoms with van der Waals surface area (Å²) >= 11 is 0. The van der Waals surface area contributed by atoms with Crippen LogP contribution in [0.4, 0.5) is 5.82 Å². The Hall–Kier alpha value is -1.09. The van der Waals surface area contributed by atoms with Crippen LogP contribution in [0.3, 0.4) is 0 Å². The Morgan fingerprint density at radius 2 is 2.15 bits per heavy atom. The molecular weight excluding hydrogens is 162 g/mol. The first-order valence-electron chi connectivity index (χ1n) is 4.53. The van der Waals surface area contributed by atoms with E-state index in [-0.39, 0.29) is 0 Å². The van der Waals surface area contributed by atoms with E-state index in [2.05, 4.69) is 15.2 Å². The third-order valence-corrected chi connectivity index (χ3v) is 2.21. The van der Waals surface area contributed by atoms with Gasteiger partial charge in [-0.2, -0.15) is 0 Å². The Balaban J connectivity index is 2.14. The van der Waals surface area contributed by atoms with Crippen LogP contribution in [0.1, 0.15) is 5.56 Å². The maximum absolute atomic E-state index is 5.68. The van der Waals surface area contributed by atoms with E-state index >= 15 is 0 Å². The summed E-state index contributed by atoms with van der Waals surface area (Å²) < 4.78 is 0. The number of nitrogens with zero attached hydrogens (tertiary/aromatic N) is 2. The zero-order valence-electron chi connectivity index (χ0n) is 7.53. The summed E-state index contributed by atoms with van der Waals surface area (Å²) in [5.74, 6) is 0.988. The van der Waals surface area contributed by atoms with Crippen molar-refractivity contribution in [2.24, 2.45) is 0 Å². The fourth-order valence-electron chi connectivity index (χ4n) is 1.50. The molecule has 0 aromatic carbocycles. The van der Waals surface area contributed by atoms with E-state index in [1.54, 1.807) is 6.20 Å². The lowest BCUT2D eigenvalue weighted by atomic mass is 10.2. The second-order valence-electron chi connectivity index (χ2n) is 3.18. The number of pyridine rings is 1. The van der Waals surface area contributed by atoms with E-state index in [0.717, 1.165) is 37.6 Å². The lowest BCUT2D eigenvalue weighted by molar-refractivity contribution is 0.585. The Kier molecular flexibility index (Phi) is 2.45. The predicted molar refractivity (Wildman–Crippen MR) is 52.7 cm³/mol. The summed E-state index contributed by atoms with van der Waals surface area (Å²) in [6.07, 6.45) is 1.76. The zero-order chi connectivity index (χ0) is 9.10. The van der Waals surface area contributed by atoms with Gasteiger partial charge in [0.1, 0.15) is 5.82 Å². The van der Waals surface area contributed by atoms with Gasteiger partial charge in [0.15, 0.2) is 0 Å². The van der Waals surface area contributed by atoms with Crippen LogP contribution in [-0.2, 0) is 0 Å². The van der Waals surface area contributed by atoms with Gasteiger partial charge in [-0.3, -0.25) is 0 Å². The maximum Gasteiger partial charge on any atom is 0.128 e. The highest BCUT2D eigenvalue weighted by Gasteiger charge is 2.10. The normalized spacial score (nSPS) is 17.5. The molecule has 0 spiro atoms. The fourth-order valence-corrected chi connectivity index (χ4v) is 1.50. The molecule has 0 atom stereocenters. The molecule has 3 nitrogen and oxygen atoms in total. The standard InChI is InChI=1S/C10H13N3/c1-9-2-3-12-10(8-9)13-6-4-11-5-7-13/h1-3,8,11H,4-7H2. The van der Waals surface area contributed by atoms with Crippen molar-refractivity contribution < 1.29 is 0 Å². The maximum atomic E-state index is 5.68. The van der Waals surface area contributed by atoms with E-state index in [0.29, 0.717) is 0 Å². The molecule has 1 aliphatic rings. The van der Waals surface area contributed by atoms with Gasteiger partial charge >= 0.3 is 0 Å². The first-order chi connectivity index (χ1) is 6.36. The highest BCUT2D eigenvalue weighted by Crippen LogP contribution is 2.11. The van der Waals surface area contributed by atoms with Crippen LogP contribution in [0.25, 0.3) is 0 Å². The minimum absolute atomic E-state index is 0.781. The monoisotopic (exact) mass is 175 g/mol. The molecule has 1 aliphatic heterocycles. The number of piperazine rings is 1. The molecule has 68 valence electrons. The Morgan fingerprint density at radius 3 is 2.85 bits per heavy atom. The van der Waals surface area contributed by atoms with Crippen LogP contribution in [0, 0.1) is 6.92 Å². The van der Waals surface area contributed by atoms with Gasteiger partial charge in [0.2, 0.25) is 0 Å². The van der Waals surface area contributed by atoms with Gasteiger partial charge in [-0.15, -0.1) is 0 Å². The molecule has 1 N–H and O–H groups in total. The van der Waals surface area contributed by atoms with Crippen LogP contribution in [0.15, 0.2) is 18.3 Å². The van der Waals surface area contributed by atoms with Gasteiger partial charge in [-0.1, -0.05) is 0 Å². The molecular formula is C10H13N3. The van der Waals surface area contributed by atoms with E-state index in [1.165, 1.54) is 0 Å². The quantitative estimate of drug-likeness (QED) is 0.675. The second kappa shape index (κ2) is 3.75. The summed E-state index contributed by atoms with van der Waals surface area (Å²) in [6, 6.07) is 3.73. The smallest absolute Gasteiger partial charge is 0.128 e. The van der Waals surface area contributed by atoms with E-state index in [9.17, 15) is 0 Å². The lowest BCUT2D eigenvalue weighted by Gasteiger charge is -2.28. The van der Waals surface area contributed by atoms with Gasteiger partial charge in [0, 0.05) is 32.4 Å². The molecule has 0 aliphatic carbocycles. The van der Waals surface area contributed by atoms with Crippen molar-refractivity contribution in [3.8, 4) is 0 Å². The summed E-state index contributed by atoms with van der Waals surface area (Å²) in [4.78, 5) is 6.52. The summed E-state index contributed by atoms with van der Waals surface area (Å²) in [5, 5.41) is 3.30. The molecule has 3 heteroatoms. The molecule has 2 heterocycles. The van der Waals surface area contributed by atoms with Crippen molar-refractivity contribution in [2.75, 3.05) is 31.1 Å². The summed E-state index contributed by atoms with van der Waals surface area (Å²) in [5.41, 5.74) is 0.781. The summed E-state index contributed by atoms with van der Waals surface area (Å²) in [6.45, 7) is 9.75. The number of anilines is 1. The fraction of sp³-hybridized carbons (Fsp3) is 0.400. The minimum Gasteiger partial charge on any atom is -0.354 e. The van der Waals surface area contributed by atoms with Crippen LogP contribution < -0.4 is 10.2 Å². The lowest BCUT2D eigenvalue weighted by Crippen LogP contribution is -2.43. The van der Waals surface area contributed by atoms with Crippen molar-refractivity contribution in [3.63, 3.8) is 0 Å². The van der Waals surface area contributed by atoms with Gasteiger partial charge in [-0.05, 0) is 24.6 Å². The SMILES string of the molecule is [CH]c1ccnc(N2CCNCC2)c1. The van der Waals surface area contributed by atoms with Gasteiger partial charge in [0.05, 0.1) is 0 Å².